The van der Waals surface area contributed by atoms with E-state index in [4.69, 9.17) is 4.98 Å². The maximum atomic E-state index is 12.7. The minimum absolute atomic E-state index is 0. The molecule has 0 radical (unpaired) electrons. The van der Waals surface area contributed by atoms with Crippen LogP contribution in [0.2, 0.25) is 0 Å². The Balaban J connectivity index is 0.00000241. The highest BCUT2D eigenvalue weighted by atomic mass is 79.9. The van der Waals surface area contributed by atoms with Gasteiger partial charge in [-0.3, -0.25) is 0 Å². The molecule has 5 nitrogen and oxygen atoms in total. The Bertz CT molecular complexity index is 1160. The van der Waals surface area contributed by atoms with E-state index in [1.165, 1.54) is 6.07 Å². The summed E-state index contributed by atoms with van der Waals surface area (Å²) in [6.07, 6.45) is -0.239. The first-order valence-corrected chi connectivity index (χ1v) is 12.6. The number of alkyl halides is 3. The van der Waals surface area contributed by atoms with Gasteiger partial charge in [-0.2, -0.15) is 0 Å². The summed E-state index contributed by atoms with van der Waals surface area (Å²) in [4.78, 5) is 6.91. The normalized spacial score (nSPS) is 17.5. The lowest BCUT2D eigenvalue weighted by molar-refractivity contribution is -0.274. The minimum atomic E-state index is -4.71. The lowest BCUT2D eigenvalue weighted by Crippen LogP contribution is -2.38. The van der Waals surface area contributed by atoms with Gasteiger partial charge in [-0.1, -0.05) is 40.2 Å². The number of halogens is 6. The topological polar surface area (TPSA) is 49.4 Å². The summed E-state index contributed by atoms with van der Waals surface area (Å²) in [6, 6.07) is 15.7. The van der Waals surface area contributed by atoms with Crippen molar-refractivity contribution in [1.29, 1.82) is 0 Å². The number of hydrogen-bond donors (Lipinski definition) is 2. The SMILES string of the molecule is CN(C)c1cc(N[C@H]2CC[C@@H](NCCc3ccc(Br)cc3OC(F)(F)F)CC2)nc2ccccc12.Cl.Cl. The van der Waals surface area contributed by atoms with E-state index in [0.717, 1.165) is 48.1 Å². The molecule has 4 rings (SSSR count). The van der Waals surface area contributed by atoms with Crippen molar-refractivity contribution in [3.63, 3.8) is 0 Å². The summed E-state index contributed by atoms with van der Waals surface area (Å²) in [5.41, 5.74) is 2.64. The molecular weight excluding hydrogens is 592 g/mol. The van der Waals surface area contributed by atoms with Crippen LogP contribution in [0.5, 0.6) is 5.75 Å². The van der Waals surface area contributed by atoms with E-state index in [0.29, 0.717) is 35.1 Å². The standard InChI is InChI=1S/C26H30BrF3N4O.2ClH/c1-34(2)23-16-25(33-22-6-4-3-5-21(22)23)32-20-11-9-19(10-12-20)31-14-13-17-7-8-18(27)15-24(17)35-26(28,29)30;;/h3-8,15-16,19-20,31H,9-14H2,1-2H3,(H,32,33);2*1H/t19-,20+;;. The lowest BCUT2D eigenvalue weighted by Gasteiger charge is -2.30. The molecule has 1 aliphatic rings. The summed E-state index contributed by atoms with van der Waals surface area (Å²) in [7, 11) is 4.07. The number of rotatable bonds is 8. The van der Waals surface area contributed by atoms with Crippen LogP contribution in [0.4, 0.5) is 24.7 Å². The number of benzene rings is 2. The van der Waals surface area contributed by atoms with Crippen molar-refractivity contribution in [3.05, 3.63) is 58.6 Å². The Labute approximate surface area is 236 Å². The third kappa shape index (κ3) is 8.80. The molecule has 1 fully saturated rings. The third-order valence-corrected chi connectivity index (χ3v) is 6.83. The quantitative estimate of drug-likeness (QED) is 0.275. The average molecular weight is 624 g/mol. The molecule has 2 N–H and O–H groups in total. The Morgan fingerprint density at radius 3 is 2.35 bits per heavy atom. The zero-order valence-corrected chi connectivity index (χ0v) is 23.9. The van der Waals surface area contributed by atoms with Crippen molar-refractivity contribution >= 4 is 63.2 Å². The number of nitrogens with one attached hydrogen (secondary N) is 2. The van der Waals surface area contributed by atoms with Crippen LogP contribution < -0.4 is 20.3 Å². The predicted molar refractivity (Wildman–Crippen MR) is 153 cm³/mol. The maximum absolute atomic E-state index is 12.7. The lowest BCUT2D eigenvalue weighted by atomic mass is 9.91. The van der Waals surface area contributed by atoms with Crippen molar-refractivity contribution in [2.24, 2.45) is 0 Å². The highest BCUT2D eigenvalue weighted by Gasteiger charge is 2.32. The number of hydrogen-bond acceptors (Lipinski definition) is 5. The highest BCUT2D eigenvalue weighted by Crippen LogP contribution is 2.31. The molecule has 37 heavy (non-hydrogen) atoms. The van der Waals surface area contributed by atoms with Crippen molar-refractivity contribution in [2.45, 2.75) is 50.6 Å². The minimum Gasteiger partial charge on any atom is -0.405 e. The second-order valence-corrected chi connectivity index (χ2v) is 10.1. The molecule has 0 amide bonds. The molecule has 1 aromatic heterocycles. The van der Waals surface area contributed by atoms with E-state index in [-0.39, 0.29) is 30.6 Å². The number of aromatic nitrogens is 1. The average Bonchev–Trinajstić information content (AvgIpc) is 2.80. The molecule has 0 unspecified atom stereocenters. The zero-order valence-electron chi connectivity index (χ0n) is 20.6. The van der Waals surface area contributed by atoms with Crippen molar-refractivity contribution < 1.29 is 17.9 Å². The predicted octanol–water partition coefficient (Wildman–Crippen LogP) is 7.36. The van der Waals surface area contributed by atoms with Gasteiger partial charge in [0, 0.05) is 47.8 Å². The molecule has 3 aromatic rings. The Kier molecular flexibility index (Phi) is 11.6. The first-order chi connectivity index (χ1) is 16.7. The smallest absolute Gasteiger partial charge is 0.405 e. The van der Waals surface area contributed by atoms with Gasteiger partial charge in [0.1, 0.15) is 11.6 Å². The van der Waals surface area contributed by atoms with Crippen LogP contribution in [0.15, 0.2) is 53.0 Å². The van der Waals surface area contributed by atoms with Gasteiger partial charge in [0.25, 0.3) is 0 Å². The van der Waals surface area contributed by atoms with Gasteiger partial charge in [0.2, 0.25) is 0 Å². The number of nitrogens with zero attached hydrogens (tertiary/aromatic N) is 2. The fourth-order valence-corrected chi connectivity index (χ4v) is 4.96. The molecular formula is C26H32BrCl2F3N4O. The van der Waals surface area contributed by atoms with E-state index in [2.05, 4.69) is 48.3 Å². The number of fused-ring (bicyclic) bond motifs is 1. The van der Waals surface area contributed by atoms with Gasteiger partial charge in [-0.25, -0.2) is 4.98 Å². The van der Waals surface area contributed by atoms with E-state index < -0.39 is 6.36 Å². The Hall–Kier alpha value is -1.94. The Morgan fingerprint density at radius 2 is 1.68 bits per heavy atom. The van der Waals surface area contributed by atoms with Gasteiger partial charge < -0.3 is 20.3 Å². The molecule has 2 aromatic carbocycles. The fourth-order valence-electron chi connectivity index (χ4n) is 4.62. The second-order valence-electron chi connectivity index (χ2n) is 9.14. The summed E-state index contributed by atoms with van der Waals surface area (Å²) in [5.74, 6) is 0.734. The van der Waals surface area contributed by atoms with Gasteiger partial charge in [0.05, 0.1) is 5.52 Å². The number of anilines is 2. The molecule has 11 heteroatoms. The molecule has 0 spiro atoms. The summed E-state index contributed by atoms with van der Waals surface area (Å²) < 4.78 is 42.9. The molecule has 0 saturated heterocycles. The van der Waals surface area contributed by atoms with Gasteiger partial charge in [-0.15, -0.1) is 38.0 Å². The maximum Gasteiger partial charge on any atom is 0.573 e. The van der Waals surface area contributed by atoms with Crippen LogP contribution in [0.1, 0.15) is 31.2 Å². The highest BCUT2D eigenvalue weighted by molar-refractivity contribution is 9.10. The van der Waals surface area contributed by atoms with Crippen LogP contribution in [0, 0.1) is 0 Å². The van der Waals surface area contributed by atoms with Crippen molar-refractivity contribution in [1.82, 2.24) is 10.3 Å². The Morgan fingerprint density at radius 1 is 1.00 bits per heavy atom. The van der Waals surface area contributed by atoms with Crippen molar-refractivity contribution in [2.75, 3.05) is 30.9 Å². The van der Waals surface area contributed by atoms with Crippen LogP contribution in [0.3, 0.4) is 0 Å². The van der Waals surface area contributed by atoms with Crippen LogP contribution in [-0.2, 0) is 6.42 Å². The van der Waals surface area contributed by atoms with Crippen LogP contribution in [0.25, 0.3) is 10.9 Å². The molecule has 1 saturated carbocycles. The number of ether oxygens (including phenoxy) is 1. The first-order valence-electron chi connectivity index (χ1n) is 11.8. The van der Waals surface area contributed by atoms with Crippen molar-refractivity contribution in [3.8, 4) is 5.75 Å². The third-order valence-electron chi connectivity index (χ3n) is 6.34. The summed E-state index contributed by atoms with van der Waals surface area (Å²) >= 11 is 3.21. The summed E-state index contributed by atoms with van der Waals surface area (Å²) in [6.45, 7) is 0.594. The summed E-state index contributed by atoms with van der Waals surface area (Å²) in [5, 5.41) is 8.25. The molecule has 204 valence electrons. The number of para-hydroxylation sites is 1. The zero-order chi connectivity index (χ0) is 25.0. The molecule has 0 aliphatic heterocycles. The van der Waals surface area contributed by atoms with E-state index in [9.17, 15) is 13.2 Å². The fraction of sp³-hybridized carbons (Fsp3) is 0.423. The van der Waals surface area contributed by atoms with E-state index in [1.54, 1.807) is 12.1 Å². The van der Waals surface area contributed by atoms with Gasteiger partial charge in [-0.05, 0) is 62.4 Å². The van der Waals surface area contributed by atoms with Crippen LogP contribution >= 0.6 is 40.7 Å². The first kappa shape index (κ1) is 31.3. The monoisotopic (exact) mass is 622 g/mol. The van der Waals surface area contributed by atoms with E-state index in [1.807, 2.05) is 32.3 Å². The second kappa shape index (κ2) is 13.7. The van der Waals surface area contributed by atoms with E-state index >= 15 is 0 Å². The van der Waals surface area contributed by atoms with Gasteiger partial charge in [0.15, 0.2) is 0 Å². The number of pyridine rings is 1. The molecule has 1 heterocycles. The molecule has 1 aliphatic carbocycles. The van der Waals surface area contributed by atoms with Crippen LogP contribution in [-0.4, -0.2) is 44.1 Å². The molecule has 0 bridgehead atoms. The largest absolute Gasteiger partial charge is 0.573 e. The van der Waals surface area contributed by atoms with Gasteiger partial charge >= 0.3 is 6.36 Å². The molecule has 0 atom stereocenters.